The Hall–Kier alpha value is -4.43. The minimum atomic E-state index is -1.35. The highest BCUT2D eigenvalue weighted by molar-refractivity contribution is 6.05. The highest BCUT2D eigenvalue weighted by atomic mass is 16.6. The molecule has 1 atom stereocenters. The van der Waals surface area contributed by atoms with Gasteiger partial charge in [0.1, 0.15) is 5.60 Å². The summed E-state index contributed by atoms with van der Waals surface area (Å²) in [6, 6.07) is 21.0. The summed E-state index contributed by atoms with van der Waals surface area (Å²) in [5.41, 5.74) is 3.04. The molecule has 0 spiro atoms. The number of ether oxygens (including phenoxy) is 1. The summed E-state index contributed by atoms with van der Waals surface area (Å²) in [6.45, 7) is 11.6. The topological polar surface area (TPSA) is 117 Å². The first-order valence-corrected chi connectivity index (χ1v) is 13.0. The first-order valence-electron chi connectivity index (χ1n) is 13.0. The van der Waals surface area contributed by atoms with E-state index in [1.54, 1.807) is 75.4 Å². The molecule has 0 aliphatic heterocycles. The van der Waals surface area contributed by atoms with Gasteiger partial charge in [0, 0.05) is 11.8 Å². The van der Waals surface area contributed by atoms with Crippen molar-refractivity contribution in [3.63, 3.8) is 0 Å². The number of aliphatic hydroxyl groups is 1. The average Bonchev–Trinajstić information content (AvgIpc) is 2.87. The molecule has 0 saturated carbocycles. The Morgan fingerprint density at radius 3 is 1.90 bits per heavy atom. The van der Waals surface area contributed by atoms with E-state index in [4.69, 9.17) is 4.74 Å². The van der Waals surface area contributed by atoms with Gasteiger partial charge in [-0.25, -0.2) is 4.79 Å². The first kappa shape index (κ1) is 30.1. The Morgan fingerprint density at radius 1 is 0.775 bits per heavy atom. The maximum Gasteiger partial charge on any atom is 0.412 e. The van der Waals surface area contributed by atoms with Crippen molar-refractivity contribution in [1.82, 2.24) is 0 Å². The normalized spacial score (nSPS) is 12.5. The molecule has 0 radical (unpaired) electrons. The SMILES string of the molecule is CC(C)(C)OC(=O)Nc1ccccc1NC(=O)/C=C/c1ccc(C(O)C(=O)Nc2ccc(C(C)(C)C)cc2)cc1. The Labute approximate surface area is 235 Å². The van der Waals surface area contributed by atoms with Gasteiger partial charge in [-0.2, -0.15) is 0 Å². The van der Waals surface area contributed by atoms with Gasteiger partial charge in [0.25, 0.3) is 5.91 Å². The van der Waals surface area contributed by atoms with E-state index in [1.807, 2.05) is 24.3 Å². The highest BCUT2D eigenvalue weighted by Crippen LogP contribution is 2.25. The molecule has 0 aliphatic rings. The van der Waals surface area contributed by atoms with Gasteiger partial charge >= 0.3 is 6.09 Å². The Bertz CT molecular complexity index is 1370. The number of nitrogens with one attached hydrogen (secondary N) is 3. The summed E-state index contributed by atoms with van der Waals surface area (Å²) in [5, 5.41) is 18.6. The summed E-state index contributed by atoms with van der Waals surface area (Å²) >= 11 is 0. The van der Waals surface area contributed by atoms with E-state index in [9.17, 15) is 19.5 Å². The third kappa shape index (κ3) is 9.10. The molecule has 210 valence electrons. The molecule has 3 aromatic rings. The van der Waals surface area contributed by atoms with E-state index in [0.717, 1.165) is 5.56 Å². The van der Waals surface area contributed by atoms with Crippen LogP contribution in [0.3, 0.4) is 0 Å². The molecule has 3 rings (SSSR count). The van der Waals surface area contributed by atoms with Gasteiger partial charge in [0.15, 0.2) is 6.10 Å². The number of anilines is 3. The molecule has 0 heterocycles. The van der Waals surface area contributed by atoms with Crippen molar-refractivity contribution in [2.45, 2.75) is 58.7 Å². The summed E-state index contributed by atoms with van der Waals surface area (Å²) in [5.74, 6) is -0.941. The Balaban J connectivity index is 1.58. The summed E-state index contributed by atoms with van der Waals surface area (Å²) < 4.78 is 5.27. The molecule has 8 nitrogen and oxygen atoms in total. The molecule has 8 heteroatoms. The number of carbonyl (C=O) groups is 3. The maximum atomic E-state index is 12.6. The van der Waals surface area contributed by atoms with Gasteiger partial charge in [0.2, 0.25) is 5.91 Å². The van der Waals surface area contributed by atoms with Crippen LogP contribution in [-0.4, -0.2) is 28.6 Å². The Morgan fingerprint density at radius 2 is 1.35 bits per heavy atom. The van der Waals surface area contributed by atoms with E-state index in [-0.39, 0.29) is 5.41 Å². The fraction of sp³-hybridized carbons (Fsp3) is 0.281. The quantitative estimate of drug-likeness (QED) is 0.249. The standard InChI is InChI=1S/C32H37N3O5/c1-31(2,3)23-16-18-24(19-17-23)33-29(38)28(37)22-14-11-21(12-15-22)13-20-27(36)34-25-9-7-8-10-26(25)35-30(39)40-32(4,5)6/h7-20,28,37H,1-6H3,(H,33,38)(H,34,36)(H,35,39)/b20-13+. The van der Waals surface area contributed by atoms with Crippen LogP contribution in [0.4, 0.5) is 21.9 Å². The lowest BCUT2D eigenvalue weighted by Crippen LogP contribution is -2.27. The number of amides is 3. The van der Waals surface area contributed by atoms with Crippen LogP contribution >= 0.6 is 0 Å². The van der Waals surface area contributed by atoms with Gasteiger partial charge in [-0.3, -0.25) is 14.9 Å². The van der Waals surface area contributed by atoms with Crippen LogP contribution < -0.4 is 16.0 Å². The molecule has 3 amide bonds. The first-order chi connectivity index (χ1) is 18.7. The van der Waals surface area contributed by atoms with Crippen molar-refractivity contribution in [2.24, 2.45) is 0 Å². The van der Waals surface area contributed by atoms with Crippen molar-refractivity contribution in [2.75, 3.05) is 16.0 Å². The zero-order valence-corrected chi connectivity index (χ0v) is 23.7. The van der Waals surface area contributed by atoms with E-state index < -0.39 is 29.6 Å². The Kier molecular flexibility index (Phi) is 9.50. The number of hydrogen-bond donors (Lipinski definition) is 4. The largest absolute Gasteiger partial charge is 0.444 e. The number of benzene rings is 3. The number of aliphatic hydroxyl groups excluding tert-OH is 1. The van der Waals surface area contributed by atoms with E-state index in [0.29, 0.717) is 28.2 Å². The summed E-state index contributed by atoms with van der Waals surface area (Å²) in [4.78, 5) is 37.2. The third-order valence-electron chi connectivity index (χ3n) is 5.77. The lowest BCUT2D eigenvalue weighted by molar-refractivity contribution is -0.124. The molecule has 3 aromatic carbocycles. The van der Waals surface area contributed by atoms with Crippen LogP contribution in [0.2, 0.25) is 0 Å². The zero-order chi connectivity index (χ0) is 29.5. The van der Waals surface area contributed by atoms with E-state index in [2.05, 4.69) is 36.7 Å². The van der Waals surface area contributed by atoms with Crippen molar-refractivity contribution in [3.8, 4) is 0 Å². The second kappa shape index (κ2) is 12.6. The minimum Gasteiger partial charge on any atom is -0.444 e. The van der Waals surface area contributed by atoms with Crippen molar-refractivity contribution in [1.29, 1.82) is 0 Å². The molecule has 0 bridgehead atoms. The molecular weight excluding hydrogens is 506 g/mol. The lowest BCUT2D eigenvalue weighted by atomic mass is 9.87. The monoisotopic (exact) mass is 543 g/mol. The molecule has 0 aromatic heterocycles. The van der Waals surface area contributed by atoms with Gasteiger partial charge < -0.3 is 20.5 Å². The third-order valence-corrected chi connectivity index (χ3v) is 5.77. The fourth-order valence-electron chi connectivity index (χ4n) is 3.67. The van der Waals surface area contributed by atoms with Crippen LogP contribution in [0.1, 0.15) is 64.3 Å². The smallest absolute Gasteiger partial charge is 0.412 e. The van der Waals surface area contributed by atoms with Crippen LogP contribution in [0.25, 0.3) is 6.08 Å². The minimum absolute atomic E-state index is 0.00237. The second-order valence-corrected chi connectivity index (χ2v) is 11.4. The molecular formula is C32H37N3O5. The van der Waals surface area contributed by atoms with Gasteiger partial charge in [-0.05, 0) is 73.2 Å². The lowest BCUT2D eigenvalue weighted by Gasteiger charge is -2.20. The predicted molar refractivity (Wildman–Crippen MR) is 159 cm³/mol. The predicted octanol–water partition coefficient (Wildman–Crippen LogP) is 6.66. The van der Waals surface area contributed by atoms with Gasteiger partial charge in [-0.1, -0.05) is 69.3 Å². The summed E-state index contributed by atoms with van der Waals surface area (Å²) in [6.07, 6.45) is 0.979. The van der Waals surface area contributed by atoms with Crippen LogP contribution in [-0.2, 0) is 19.7 Å². The van der Waals surface area contributed by atoms with Crippen molar-refractivity contribution in [3.05, 3.63) is 95.6 Å². The van der Waals surface area contributed by atoms with E-state index in [1.165, 1.54) is 6.08 Å². The second-order valence-electron chi connectivity index (χ2n) is 11.4. The van der Waals surface area contributed by atoms with E-state index >= 15 is 0 Å². The molecule has 4 N–H and O–H groups in total. The fourth-order valence-corrected chi connectivity index (χ4v) is 3.67. The zero-order valence-electron chi connectivity index (χ0n) is 23.7. The maximum absolute atomic E-state index is 12.6. The number of hydrogen-bond acceptors (Lipinski definition) is 5. The van der Waals surface area contributed by atoms with Gasteiger partial charge in [-0.15, -0.1) is 0 Å². The van der Waals surface area contributed by atoms with Crippen molar-refractivity contribution >= 4 is 41.0 Å². The molecule has 1 unspecified atom stereocenters. The molecule has 0 saturated heterocycles. The molecule has 0 aliphatic carbocycles. The van der Waals surface area contributed by atoms with Crippen LogP contribution in [0.5, 0.6) is 0 Å². The summed E-state index contributed by atoms with van der Waals surface area (Å²) in [7, 11) is 0. The highest BCUT2D eigenvalue weighted by Gasteiger charge is 2.19. The van der Waals surface area contributed by atoms with Gasteiger partial charge in [0.05, 0.1) is 11.4 Å². The van der Waals surface area contributed by atoms with Crippen molar-refractivity contribution < 1.29 is 24.2 Å². The van der Waals surface area contributed by atoms with Crippen LogP contribution in [0.15, 0.2) is 78.9 Å². The number of rotatable bonds is 7. The molecule has 0 fully saturated rings. The van der Waals surface area contributed by atoms with Crippen LogP contribution in [0, 0.1) is 0 Å². The average molecular weight is 544 g/mol. The number of para-hydroxylation sites is 2. The molecule has 40 heavy (non-hydrogen) atoms. The number of carbonyl (C=O) groups excluding carboxylic acids is 3.